The molecule has 1 heterocycles. The smallest absolute Gasteiger partial charge is 0.244 e. The van der Waals surface area contributed by atoms with E-state index in [-0.39, 0.29) is 24.2 Å². The van der Waals surface area contributed by atoms with Crippen molar-refractivity contribution >= 4 is 43.5 Å². The fourth-order valence-electron chi connectivity index (χ4n) is 4.74. The van der Waals surface area contributed by atoms with Crippen molar-refractivity contribution in [2.75, 3.05) is 30.3 Å². The van der Waals surface area contributed by atoms with Crippen LogP contribution in [0.5, 0.6) is 11.5 Å². The molecule has 1 aliphatic heterocycles. The van der Waals surface area contributed by atoms with Gasteiger partial charge in [-0.15, -0.1) is 0 Å². The van der Waals surface area contributed by atoms with Gasteiger partial charge < -0.3 is 19.7 Å². The summed E-state index contributed by atoms with van der Waals surface area (Å²) < 4.78 is 38.7. The summed E-state index contributed by atoms with van der Waals surface area (Å²) in [6, 6.07) is 11.5. The normalized spacial score (nSPS) is 16.4. The van der Waals surface area contributed by atoms with Crippen molar-refractivity contribution in [3.05, 3.63) is 52.5 Å². The van der Waals surface area contributed by atoms with E-state index in [9.17, 15) is 18.0 Å². The van der Waals surface area contributed by atoms with Crippen LogP contribution in [0.4, 0.5) is 5.69 Å². The number of nitrogens with one attached hydrogen (secondary N) is 1. The van der Waals surface area contributed by atoms with E-state index in [4.69, 9.17) is 9.47 Å². The first-order valence-corrected chi connectivity index (χ1v) is 15.5. The van der Waals surface area contributed by atoms with Gasteiger partial charge in [0.2, 0.25) is 21.8 Å². The quantitative estimate of drug-likeness (QED) is 0.464. The molecule has 1 atom stereocenters. The number of nitrogens with zero attached hydrogens (tertiary/aromatic N) is 2. The van der Waals surface area contributed by atoms with Crippen molar-refractivity contribution in [2.45, 2.75) is 57.7 Å². The third kappa shape index (κ3) is 7.19. The summed E-state index contributed by atoms with van der Waals surface area (Å²) in [4.78, 5) is 28.4. The number of ether oxygens (including phenoxy) is 2. The minimum Gasteiger partial charge on any atom is -0.486 e. The zero-order valence-electron chi connectivity index (χ0n) is 21.7. The molecule has 1 fully saturated rings. The van der Waals surface area contributed by atoms with Gasteiger partial charge in [-0.1, -0.05) is 47.3 Å². The molecule has 4 rings (SSSR count). The highest BCUT2D eigenvalue weighted by atomic mass is 79.9. The summed E-state index contributed by atoms with van der Waals surface area (Å²) >= 11 is 3.42. The number of carbonyl (C=O) groups is 2. The average Bonchev–Trinajstić information content (AvgIpc) is 2.90. The molecule has 38 heavy (non-hydrogen) atoms. The maximum Gasteiger partial charge on any atom is 0.244 e. The number of anilines is 1. The van der Waals surface area contributed by atoms with Crippen LogP contribution in [-0.2, 0) is 26.2 Å². The number of fused-ring (bicyclic) bond motifs is 1. The highest BCUT2D eigenvalue weighted by Crippen LogP contribution is 2.34. The summed E-state index contributed by atoms with van der Waals surface area (Å²) in [6.45, 7) is 2.14. The Labute approximate surface area is 232 Å². The van der Waals surface area contributed by atoms with Crippen LogP contribution in [0.1, 0.15) is 44.6 Å². The van der Waals surface area contributed by atoms with E-state index in [2.05, 4.69) is 21.2 Å². The highest BCUT2D eigenvalue weighted by molar-refractivity contribution is 9.10. The molecule has 0 radical (unpaired) electrons. The van der Waals surface area contributed by atoms with E-state index < -0.39 is 28.5 Å². The molecule has 1 aliphatic carbocycles. The van der Waals surface area contributed by atoms with Crippen LogP contribution in [0.2, 0.25) is 0 Å². The zero-order valence-corrected chi connectivity index (χ0v) is 24.1. The van der Waals surface area contributed by atoms with Crippen LogP contribution < -0.4 is 19.1 Å². The van der Waals surface area contributed by atoms with Crippen LogP contribution in [0.25, 0.3) is 0 Å². The first-order valence-electron chi connectivity index (χ1n) is 12.8. The van der Waals surface area contributed by atoms with Crippen molar-refractivity contribution in [1.82, 2.24) is 10.2 Å². The van der Waals surface area contributed by atoms with Crippen molar-refractivity contribution in [3.8, 4) is 11.5 Å². The number of rotatable bonds is 9. The number of benzene rings is 2. The maximum atomic E-state index is 13.7. The van der Waals surface area contributed by atoms with Gasteiger partial charge in [0.25, 0.3) is 0 Å². The molecule has 2 aromatic rings. The SMILES string of the molecule is C[C@H](C(=O)NC1CCCCC1)N(Cc1ccc(Br)cc1)C(=O)CN(c1ccc2c(c1)OCCO2)S(C)(=O)=O. The molecule has 0 bridgehead atoms. The molecule has 9 nitrogen and oxygen atoms in total. The van der Waals surface area contributed by atoms with E-state index in [0.717, 1.165) is 52.7 Å². The van der Waals surface area contributed by atoms with Crippen molar-refractivity contribution in [2.24, 2.45) is 0 Å². The lowest BCUT2D eigenvalue weighted by molar-refractivity contribution is -0.139. The average molecular weight is 609 g/mol. The second kappa shape index (κ2) is 12.4. The Morgan fingerprint density at radius 1 is 1.03 bits per heavy atom. The van der Waals surface area contributed by atoms with Gasteiger partial charge in [-0.05, 0) is 49.6 Å². The third-order valence-corrected chi connectivity index (χ3v) is 8.55. The van der Waals surface area contributed by atoms with Gasteiger partial charge in [0.15, 0.2) is 11.5 Å². The number of sulfonamides is 1. The summed E-state index contributed by atoms with van der Waals surface area (Å²) in [5.41, 5.74) is 1.11. The molecule has 206 valence electrons. The molecule has 0 aromatic heterocycles. The Bertz CT molecular complexity index is 1250. The van der Waals surface area contributed by atoms with Gasteiger partial charge in [0.05, 0.1) is 11.9 Å². The van der Waals surface area contributed by atoms with Crippen LogP contribution in [0.3, 0.4) is 0 Å². The minimum atomic E-state index is -3.84. The van der Waals surface area contributed by atoms with Gasteiger partial charge in [0.1, 0.15) is 25.8 Å². The lowest BCUT2D eigenvalue weighted by Gasteiger charge is -2.33. The molecule has 0 spiro atoms. The maximum absolute atomic E-state index is 13.7. The van der Waals surface area contributed by atoms with Gasteiger partial charge in [0, 0.05) is 23.1 Å². The first kappa shape index (κ1) is 28.2. The Kier molecular flexibility index (Phi) is 9.19. The van der Waals surface area contributed by atoms with Gasteiger partial charge in [-0.3, -0.25) is 13.9 Å². The van der Waals surface area contributed by atoms with Gasteiger partial charge >= 0.3 is 0 Å². The molecular weight excluding hydrogens is 574 g/mol. The standard InChI is InChI=1S/C27H34BrN3O6S/c1-19(27(33)29-22-6-4-3-5-7-22)30(17-20-8-10-21(28)11-9-20)26(32)18-31(38(2,34)35)23-12-13-24-25(16-23)37-15-14-36-24/h8-13,16,19,22H,3-7,14-15,17-18H2,1-2H3,(H,29,33)/t19-/m1/s1. The summed E-state index contributed by atoms with van der Waals surface area (Å²) in [5.74, 6) is 0.207. The monoisotopic (exact) mass is 607 g/mol. The Hall–Kier alpha value is -2.79. The summed E-state index contributed by atoms with van der Waals surface area (Å²) in [5, 5.41) is 3.10. The molecule has 1 N–H and O–H groups in total. The fourth-order valence-corrected chi connectivity index (χ4v) is 5.84. The molecular formula is C27H34BrN3O6S. The second-order valence-corrected chi connectivity index (χ2v) is 12.6. The summed E-state index contributed by atoms with van der Waals surface area (Å²) in [6.07, 6.45) is 6.20. The molecule has 2 aromatic carbocycles. The van der Waals surface area contributed by atoms with E-state index in [1.165, 1.54) is 4.90 Å². The molecule has 2 aliphatic rings. The Morgan fingerprint density at radius 2 is 1.68 bits per heavy atom. The van der Waals surface area contributed by atoms with Crippen molar-refractivity contribution < 1.29 is 27.5 Å². The number of carbonyl (C=O) groups excluding carboxylic acids is 2. The molecule has 0 unspecified atom stereocenters. The predicted octanol–water partition coefficient (Wildman–Crippen LogP) is 3.85. The molecule has 1 saturated carbocycles. The topological polar surface area (TPSA) is 105 Å². The number of hydrogen-bond donors (Lipinski definition) is 1. The molecule has 2 amide bonds. The van der Waals surface area contributed by atoms with Crippen LogP contribution in [0.15, 0.2) is 46.9 Å². The van der Waals surface area contributed by atoms with Crippen LogP contribution in [0, 0.1) is 0 Å². The molecule has 11 heteroatoms. The largest absolute Gasteiger partial charge is 0.486 e. The van der Waals surface area contributed by atoms with E-state index in [0.29, 0.717) is 24.7 Å². The molecule has 0 saturated heterocycles. The Morgan fingerprint density at radius 3 is 2.34 bits per heavy atom. The van der Waals surface area contributed by atoms with Gasteiger partial charge in [-0.25, -0.2) is 8.42 Å². The summed E-state index contributed by atoms with van der Waals surface area (Å²) in [7, 11) is -3.84. The van der Waals surface area contributed by atoms with Crippen LogP contribution in [-0.4, -0.2) is 63.2 Å². The van der Waals surface area contributed by atoms with E-state index in [1.54, 1.807) is 25.1 Å². The van der Waals surface area contributed by atoms with Gasteiger partial charge in [-0.2, -0.15) is 0 Å². The van der Waals surface area contributed by atoms with Crippen LogP contribution >= 0.6 is 15.9 Å². The zero-order chi connectivity index (χ0) is 27.3. The highest BCUT2D eigenvalue weighted by Gasteiger charge is 2.31. The number of amides is 2. The first-order chi connectivity index (χ1) is 18.1. The number of hydrogen-bond acceptors (Lipinski definition) is 6. The second-order valence-electron chi connectivity index (χ2n) is 9.77. The third-order valence-electron chi connectivity index (χ3n) is 6.88. The van der Waals surface area contributed by atoms with Crippen molar-refractivity contribution in [3.63, 3.8) is 0 Å². The fraction of sp³-hybridized carbons (Fsp3) is 0.481. The predicted molar refractivity (Wildman–Crippen MR) is 149 cm³/mol. The lowest BCUT2D eigenvalue weighted by Crippen LogP contribution is -2.52. The van der Waals surface area contributed by atoms with E-state index in [1.807, 2.05) is 24.3 Å². The van der Waals surface area contributed by atoms with E-state index >= 15 is 0 Å². The number of halogens is 1. The van der Waals surface area contributed by atoms with Crippen molar-refractivity contribution in [1.29, 1.82) is 0 Å². The minimum absolute atomic E-state index is 0.0913. The lowest BCUT2D eigenvalue weighted by atomic mass is 9.95. The Balaban J connectivity index is 1.58.